The lowest BCUT2D eigenvalue weighted by atomic mass is 10.1. The number of nitrogens with zero attached hydrogens (tertiary/aromatic N) is 4. The highest BCUT2D eigenvalue weighted by Crippen LogP contribution is 2.22. The molecule has 1 saturated heterocycles. The molecule has 2 unspecified atom stereocenters. The summed E-state index contributed by atoms with van der Waals surface area (Å²) in [6.07, 6.45) is 2.53. The summed E-state index contributed by atoms with van der Waals surface area (Å²) in [5.74, 6) is 1.75. The molecule has 0 radical (unpaired) electrons. The van der Waals surface area contributed by atoms with Gasteiger partial charge in [-0.2, -0.15) is 0 Å². The zero-order valence-electron chi connectivity index (χ0n) is 19.2. The molecule has 2 heterocycles. The first-order valence-electron chi connectivity index (χ1n) is 10.7. The quantitative estimate of drug-likeness (QED) is 0.296. The maximum Gasteiger partial charge on any atom is 0.191 e. The predicted octanol–water partition coefficient (Wildman–Crippen LogP) is 3.28. The van der Waals surface area contributed by atoms with E-state index in [1.165, 1.54) is 11.6 Å². The second kappa shape index (κ2) is 12.8. The lowest BCUT2D eigenvalue weighted by Crippen LogP contribution is -2.45. The number of guanidine groups is 1. The van der Waals surface area contributed by atoms with E-state index in [1.807, 2.05) is 24.0 Å². The maximum absolute atomic E-state index is 14.1. The van der Waals surface area contributed by atoms with Crippen molar-refractivity contribution in [2.75, 3.05) is 52.3 Å². The minimum atomic E-state index is -0.281. The van der Waals surface area contributed by atoms with Crippen molar-refractivity contribution in [1.29, 1.82) is 0 Å². The molecule has 1 aromatic heterocycles. The number of methoxy groups -OCH3 is 1. The smallest absolute Gasteiger partial charge is 0.191 e. The highest BCUT2D eigenvalue weighted by molar-refractivity contribution is 14.0. The highest BCUT2D eigenvalue weighted by atomic mass is 127. The molecule has 2 atom stereocenters. The van der Waals surface area contributed by atoms with Crippen LogP contribution in [0.4, 0.5) is 10.2 Å². The van der Waals surface area contributed by atoms with Crippen LogP contribution in [0.15, 0.2) is 47.6 Å². The Morgan fingerprint density at radius 2 is 2.06 bits per heavy atom. The van der Waals surface area contributed by atoms with Crippen LogP contribution in [0.1, 0.15) is 24.9 Å². The van der Waals surface area contributed by atoms with Gasteiger partial charge in [-0.05, 0) is 57.3 Å². The Morgan fingerprint density at radius 3 is 2.69 bits per heavy atom. The van der Waals surface area contributed by atoms with Crippen LogP contribution in [0.5, 0.6) is 5.75 Å². The van der Waals surface area contributed by atoms with Crippen molar-refractivity contribution >= 4 is 35.8 Å². The van der Waals surface area contributed by atoms with Crippen LogP contribution in [0, 0.1) is 5.82 Å². The Labute approximate surface area is 207 Å². The fourth-order valence-corrected chi connectivity index (χ4v) is 3.76. The van der Waals surface area contributed by atoms with E-state index in [1.54, 1.807) is 19.4 Å². The number of aromatic nitrogens is 1. The van der Waals surface area contributed by atoms with E-state index in [9.17, 15) is 4.39 Å². The number of anilines is 1. The maximum atomic E-state index is 14.1. The molecule has 9 heteroatoms. The van der Waals surface area contributed by atoms with Crippen LogP contribution in [0.2, 0.25) is 0 Å². The molecule has 32 heavy (non-hydrogen) atoms. The molecule has 1 aromatic carbocycles. The minimum absolute atomic E-state index is 0. The molecule has 7 nitrogen and oxygen atoms in total. The normalized spacial score (nSPS) is 17.1. The van der Waals surface area contributed by atoms with E-state index in [0.717, 1.165) is 31.2 Å². The van der Waals surface area contributed by atoms with Gasteiger partial charge in [0, 0.05) is 31.9 Å². The van der Waals surface area contributed by atoms with Crippen molar-refractivity contribution in [3.63, 3.8) is 0 Å². The predicted molar refractivity (Wildman–Crippen MR) is 139 cm³/mol. The van der Waals surface area contributed by atoms with Crippen LogP contribution in [0.3, 0.4) is 0 Å². The van der Waals surface area contributed by atoms with E-state index >= 15 is 0 Å². The van der Waals surface area contributed by atoms with Crippen LogP contribution >= 0.6 is 24.0 Å². The summed E-state index contributed by atoms with van der Waals surface area (Å²) in [6.45, 7) is 4.88. The number of halogens is 2. The molecule has 1 aliphatic rings. The number of pyridine rings is 1. The highest BCUT2D eigenvalue weighted by Gasteiger charge is 2.26. The van der Waals surface area contributed by atoms with E-state index in [4.69, 9.17) is 9.73 Å². The van der Waals surface area contributed by atoms with Gasteiger partial charge in [0.25, 0.3) is 0 Å². The molecule has 176 valence electrons. The van der Waals surface area contributed by atoms with Gasteiger partial charge >= 0.3 is 0 Å². The molecule has 0 saturated carbocycles. The molecule has 3 rings (SSSR count). The van der Waals surface area contributed by atoms with Gasteiger partial charge in [-0.15, -0.1) is 24.0 Å². The van der Waals surface area contributed by atoms with Gasteiger partial charge in [0.05, 0.1) is 19.7 Å². The summed E-state index contributed by atoms with van der Waals surface area (Å²) in [5.41, 5.74) is 1.18. The number of hydrogen-bond donors (Lipinski definition) is 2. The van der Waals surface area contributed by atoms with Gasteiger partial charge in [-0.1, -0.05) is 12.1 Å². The van der Waals surface area contributed by atoms with Gasteiger partial charge in [-0.25, -0.2) is 9.37 Å². The van der Waals surface area contributed by atoms with E-state index < -0.39 is 0 Å². The second-order valence-corrected chi connectivity index (χ2v) is 7.86. The molecule has 0 aliphatic carbocycles. The first kappa shape index (κ1) is 26.1. The lowest BCUT2D eigenvalue weighted by Gasteiger charge is -2.24. The number of aliphatic imine (C=N–C) groups is 1. The van der Waals surface area contributed by atoms with Gasteiger partial charge in [-0.3, -0.25) is 4.99 Å². The number of benzene rings is 1. The van der Waals surface area contributed by atoms with Crippen molar-refractivity contribution < 1.29 is 9.13 Å². The monoisotopic (exact) mass is 556 g/mol. The summed E-state index contributed by atoms with van der Waals surface area (Å²) in [7, 11) is 5.78. The van der Waals surface area contributed by atoms with Crippen molar-refractivity contribution in [1.82, 2.24) is 20.5 Å². The standard InChI is InChI=1S/C23H33FN6O.HI/c1-5-25-23(27-15-21(29(2)3)17-8-10-19(31-4)11-9-17)28-18-12-14-30(16-18)22-20(24)7-6-13-26-22;/h6-11,13,18,21H,5,12,14-16H2,1-4H3,(H2,25,27,28);1H. The number of ether oxygens (including phenoxy) is 1. The molecule has 0 bridgehead atoms. The third-order valence-electron chi connectivity index (χ3n) is 5.46. The third kappa shape index (κ3) is 6.93. The molecule has 2 aromatic rings. The van der Waals surface area contributed by atoms with Gasteiger partial charge in [0.15, 0.2) is 17.6 Å². The lowest BCUT2D eigenvalue weighted by molar-refractivity contribution is 0.306. The zero-order chi connectivity index (χ0) is 22.2. The van der Waals surface area contributed by atoms with Crippen LogP contribution in [0.25, 0.3) is 0 Å². The summed E-state index contributed by atoms with van der Waals surface area (Å²) in [6, 6.07) is 11.5. The molecule has 1 aliphatic heterocycles. The fraction of sp³-hybridized carbons (Fsp3) is 0.478. The Hall–Kier alpha value is -2.14. The van der Waals surface area contributed by atoms with Gasteiger partial charge in [0.2, 0.25) is 0 Å². The van der Waals surface area contributed by atoms with Crippen molar-refractivity contribution in [2.24, 2.45) is 4.99 Å². The molecule has 2 N–H and O–H groups in total. The fourth-order valence-electron chi connectivity index (χ4n) is 3.76. The van der Waals surface area contributed by atoms with Crippen molar-refractivity contribution in [3.05, 3.63) is 54.0 Å². The first-order valence-corrected chi connectivity index (χ1v) is 10.7. The van der Waals surface area contributed by atoms with Crippen molar-refractivity contribution in [2.45, 2.75) is 25.4 Å². The molecule has 0 spiro atoms. The Balaban J connectivity index is 0.00000363. The summed E-state index contributed by atoms with van der Waals surface area (Å²) in [5, 5.41) is 6.84. The van der Waals surface area contributed by atoms with E-state index in [0.29, 0.717) is 18.9 Å². The van der Waals surface area contributed by atoms with Crippen LogP contribution in [-0.2, 0) is 0 Å². The SMILES string of the molecule is CCNC(=NCC(c1ccc(OC)cc1)N(C)C)NC1CCN(c2ncccc2F)C1.I. The molecular weight excluding hydrogens is 522 g/mol. The number of likely N-dealkylation sites (N-methyl/N-ethyl adjacent to an activating group) is 1. The molecule has 0 amide bonds. The third-order valence-corrected chi connectivity index (χ3v) is 5.46. The number of rotatable bonds is 8. The Bertz CT molecular complexity index is 864. The Morgan fingerprint density at radius 1 is 1.31 bits per heavy atom. The van der Waals surface area contributed by atoms with Crippen LogP contribution in [-0.4, -0.2) is 69.3 Å². The number of nitrogens with one attached hydrogen (secondary N) is 2. The second-order valence-electron chi connectivity index (χ2n) is 7.86. The average molecular weight is 556 g/mol. The summed E-state index contributed by atoms with van der Waals surface area (Å²) < 4.78 is 19.3. The van der Waals surface area contributed by atoms with Crippen LogP contribution < -0.4 is 20.3 Å². The summed E-state index contributed by atoms with van der Waals surface area (Å²) >= 11 is 0. The first-order chi connectivity index (χ1) is 15.0. The average Bonchev–Trinajstić information content (AvgIpc) is 3.22. The van der Waals surface area contributed by atoms with Gasteiger partial charge in [0.1, 0.15) is 5.75 Å². The molecule has 1 fully saturated rings. The minimum Gasteiger partial charge on any atom is -0.497 e. The summed E-state index contributed by atoms with van der Waals surface area (Å²) in [4.78, 5) is 13.2. The van der Waals surface area contributed by atoms with E-state index in [-0.39, 0.29) is 41.9 Å². The molecular formula is C23H34FIN6O. The topological polar surface area (TPSA) is 65.0 Å². The number of hydrogen-bond acceptors (Lipinski definition) is 5. The van der Waals surface area contributed by atoms with Crippen molar-refractivity contribution in [3.8, 4) is 5.75 Å². The van der Waals surface area contributed by atoms with Gasteiger partial charge < -0.3 is 25.2 Å². The van der Waals surface area contributed by atoms with E-state index in [2.05, 4.69) is 46.7 Å². The largest absolute Gasteiger partial charge is 0.497 e. The Kier molecular flexibility index (Phi) is 10.4. The zero-order valence-corrected chi connectivity index (χ0v) is 21.5.